The van der Waals surface area contributed by atoms with Crippen LogP contribution in [0.1, 0.15) is 69.8 Å². The third kappa shape index (κ3) is 3.18. The third-order valence-electron chi connectivity index (χ3n) is 4.23. The van der Waals surface area contributed by atoms with Crippen molar-refractivity contribution in [1.82, 2.24) is 15.1 Å². The molecule has 0 spiro atoms. The zero-order valence-electron chi connectivity index (χ0n) is 12.6. The molecule has 1 aliphatic rings. The van der Waals surface area contributed by atoms with Crippen molar-refractivity contribution in [2.24, 2.45) is 0 Å². The number of hydrogen-bond acceptors (Lipinski definition) is 3. The van der Waals surface area contributed by atoms with Gasteiger partial charge >= 0.3 is 0 Å². The van der Waals surface area contributed by atoms with Crippen molar-refractivity contribution in [1.29, 1.82) is 0 Å². The van der Waals surface area contributed by atoms with Crippen LogP contribution in [0, 0.1) is 6.92 Å². The highest BCUT2D eigenvalue weighted by Crippen LogP contribution is 2.24. The fraction of sp³-hybridized carbons (Fsp3) is 0.800. The van der Waals surface area contributed by atoms with E-state index in [-0.39, 0.29) is 18.2 Å². The first-order chi connectivity index (χ1) is 9.00. The smallest absolute Gasteiger partial charge is 0.0693 e. The highest BCUT2D eigenvalue weighted by atomic mass is 16.3. The lowest BCUT2D eigenvalue weighted by Crippen LogP contribution is -2.43. The second-order valence-corrected chi connectivity index (χ2v) is 6.07. The Kier molecular flexibility index (Phi) is 4.63. The summed E-state index contributed by atoms with van der Waals surface area (Å²) >= 11 is 0. The predicted octanol–water partition coefficient (Wildman–Crippen LogP) is 2.73. The monoisotopic (exact) mass is 265 g/mol. The normalized spacial score (nSPS) is 25.8. The van der Waals surface area contributed by atoms with Gasteiger partial charge < -0.3 is 10.4 Å². The Bertz CT molecular complexity index is 414. The summed E-state index contributed by atoms with van der Waals surface area (Å²) in [7, 11) is 0. The first-order valence-electron chi connectivity index (χ1n) is 7.48. The van der Waals surface area contributed by atoms with E-state index >= 15 is 0 Å². The minimum atomic E-state index is -0.198. The Balaban J connectivity index is 2.05. The molecule has 2 rings (SSSR count). The number of hydrogen-bond donors (Lipinski definition) is 2. The van der Waals surface area contributed by atoms with Crippen LogP contribution in [0.15, 0.2) is 6.20 Å². The molecule has 3 atom stereocenters. The predicted molar refractivity (Wildman–Crippen MR) is 77.2 cm³/mol. The zero-order valence-corrected chi connectivity index (χ0v) is 12.6. The molecule has 1 saturated carbocycles. The molecule has 1 heterocycles. The van der Waals surface area contributed by atoms with Crippen LogP contribution < -0.4 is 5.32 Å². The van der Waals surface area contributed by atoms with Gasteiger partial charge in [0.1, 0.15) is 0 Å². The minimum absolute atomic E-state index is 0.198. The van der Waals surface area contributed by atoms with Gasteiger partial charge in [-0.1, -0.05) is 12.8 Å². The summed E-state index contributed by atoms with van der Waals surface area (Å²) in [5.74, 6) is 0. The number of aliphatic hydroxyl groups excluding tert-OH is 1. The van der Waals surface area contributed by atoms with Gasteiger partial charge in [-0.2, -0.15) is 5.10 Å². The molecule has 19 heavy (non-hydrogen) atoms. The average Bonchev–Trinajstić information content (AvgIpc) is 2.74. The molecule has 1 aromatic rings. The lowest BCUT2D eigenvalue weighted by atomic mass is 9.91. The van der Waals surface area contributed by atoms with Crippen LogP contribution in [-0.2, 0) is 0 Å². The molecule has 4 heteroatoms. The van der Waals surface area contributed by atoms with Crippen LogP contribution in [0.4, 0.5) is 0 Å². The van der Waals surface area contributed by atoms with Gasteiger partial charge in [-0.25, -0.2) is 0 Å². The number of nitrogens with zero attached hydrogens (tertiary/aromatic N) is 2. The Morgan fingerprint density at radius 1 is 1.32 bits per heavy atom. The number of rotatable bonds is 4. The molecule has 0 bridgehead atoms. The maximum Gasteiger partial charge on any atom is 0.0693 e. The van der Waals surface area contributed by atoms with E-state index in [9.17, 15) is 5.11 Å². The van der Waals surface area contributed by atoms with Gasteiger partial charge in [0.25, 0.3) is 0 Å². The van der Waals surface area contributed by atoms with Crippen molar-refractivity contribution in [2.45, 2.75) is 77.6 Å². The van der Waals surface area contributed by atoms with Gasteiger partial charge in [0, 0.05) is 29.4 Å². The van der Waals surface area contributed by atoms with E-state index in [1.54, 1.807) is 0 Å². The number of nitrogens with one attached hydrogen (secondary N) is 1. The highest BCUT2D eigenvalue weighted by Gasteiger charge is 2.25. The Morgan fingerprint density at radius 2 is 2.00 bits per heavy atom. The van der Waals surface area contributed by atoms with Crippen LogP contribution in [0.3, 0.4) is 0 Å². The maximum atomic E-state index is 10.0. The van der Waals surface area contributed by atoms with Crippen molar-refractivity contribution < 1.29 is 5.11 Å². The van der Waals surface area contributed by atoms with Gasteiger partial charge in [0.05, 0.1) is 12.3 Å². The lowest BCUT2D eigenvalue weighted by Gasteiger charge is -2.31. The molecular formula is C15H27N3O. The van der Waals surface area contributed by atoms with Gasteiger partial charge in [-0.15, -0.1) is 0 Å². The van der Waals surface area contributed by atoms with E-state index in [1.807, 2.05) is 6.20 Å². The van der Waals surface area contributed by atoms with Crippen LogP contribution in [0.25, 0.3) is 0 Å². The van der Waals surface area contributed by atoms with Crippen molar-refractivity contribution in [3.63, 3.8) is 0 Å². The second kappa shape index (κ2) is 6.06. The molecule has 2 N–H and O–H groups in total. The average molecular weight is 265 g/mol. The molecule has 108 valence electrons. The van der Waals surface area contributed by atoms with Gasteiger partial charge in [0.15, 0.2) is 0 Å². The van der Waals surface area contributed by atoms with E-state index in [2.05, 4.69) is 42.8 Å². The SMILES string of the molecule is Cc1c(C(C)N[C@@H]2CCCC[C@H]2O)cnn1C(C)C. The summed E-state index contributed by atoms with van der Waals surface area (Å²) in [5, 5.41) is 18.1. The van der Waals surface area contributed by atoms with Gasteiger partial charge in [-0.3, -0.25) is 4.68 Å². The summed E-state index contributed by atoms with van der Waals surface area (Å²) in [6.07, 6.45) is 6.13. The molecule has 1 aliphatic carbocycles. The maximum absolute atomic E-state index is 10.0. The van der Waals surface area contributed by atoms with E-state index < -0.39 is 0 Å². The number of aliphatic hydroxyl groups is 1. The van der Waals surface area contributed by atoms with Gasteiger partial charge in [-0.05, 0) is 40.5 Å². The summed E-state index contributed by atoms with van der Waals surface area (Å²) in [5.41, 5.74) is 2.46. The van der Waals surface area contributed by atoms with Crippen molar-refractivity contribution in [3.8, 4) is 0 Å². The zero-order chi connectivity index (χ0) is 14.0. The Hall–Kier alpha value is -0.870. The van der Waals surface area contributed by atoms with Crippen molar-refractivity contribution >= 4 is 0 Å². The Morgan fingerprint density at radius 3 is 2.58 bits per heavy atom. The first-order valence-corrected chi connectivity index (χ1v) is 7.48. The topological polar surface area (TPSA) is 50.1 Å². The molecule has 0 amide bonds. The molecular weight excluding hydrogens is 238 g/mol. The Labute approximate surface area is 116 Å². The van der Waals surface area contributed by atoms with Crippen molar-refractivity contribution in [2.75, 3.05) is 0 Å². The van der Waals surface area contributed by atoms with Crippen LogP contribution in [-0.4, -0.2) is 27.0 Å². The van der Waals surface area contributed by atoms with Crippen LogP contribution in [0.5, 0.6) is 0 Å². The minimum Gasteiger partial charge on any atom is -0.392 e. The van der Waals surface area contributed by atoms with E-state index in [4.69, 9.17) is 0 Å². The summed E-state index contributed by atoms with van der Waals surface area (Å²) in [4.78, 5) is 0. The first kappa shape index (κ1) is 14.5. The standard InChI is InChI=1S/C15H27N3O/c1-10(2)18-12(4)13(9-16-18)11(3)17-14-7-5-6-8-15(14)19/h9-11,14-15,17,19H,5-8H2,1-4H3/t11?,14-,15-/m1/s1. The summed E-state index contributed by atoms with van der Waals surface area (Å²) in [6.45, 7) is 8.58. The second-order valence-electron chi connectivity index (χ2n) is 6.07. The molecule has 1 fully saturated rings. The largest absolute Gasteiger partial charge is 0.392 e. The van der Waals surface area contributed by atoms with E-state index in [1.165, 1.54) is 17.7 Å². The van der Waals surface area contributed by atoms with Gasteiger partial charge in [0.2, 0.25) is 0 Å². The summed E-state index contributed by atoms with van der Waals surface area (Å²) in [6, 6.07) is 0.858. The van der Waals surface area contributed by atoms with Crippen LogP contribution >= 0.6 is 0 Å². The summed E-state index contributed by atoms with van der Waals surface area (Å²) < 4.78 is 2.06. The molecule has 4 nitrogen and oxygen atoms in total. The lowest BCUT2D eigenvalue weighted by molar-refractivity contribution is 0.0859. The molecule has 0 aliphatic heterocycles. The molecule has 0 saturated heterocycles. The van der Waals surface area contributed by atoms with Crippen LogP contribution in [0.2, 0.25) is 0 Å². The quantitative estimate of drug-likeness (QED) is 0.880. The van der Waals surface area contributed by atoms with E-state index in [0.717, 1.165) is 19.3 Å². The van der Waals surface area contributed by atoms with Crippen molar-refractivity contribution in [3.05, 3.63) is 17.5 Å². The fourth-order valence-corrected chi connectivity index (χ4v) is 3.10. The van der Waals surface area contributed by atoms with E-state index in [0.29, 0.717) is 6.04 Å². The molecule has 1 aromatic heterocycles. The molecule has 0 aromatic carbocycles. The fourth-order valence-electron chi connectivity index (χ4n) is 3.10. The molecule has 1 unspecified atom stereocenters. The highest BCUT2D eigenvalue weighted by molar-refractivity contribution is 5.20. The molecule has 0 radical (unpaired) electrons. The number of aromatic nitrogens is 2. The third-order valence-corrected chi connectivity index (χ3v) is 4.23.